The number of rotatable bonds is 4. The zero-order chi connectivity index (χ0) is 19.1. The highest BCUT2D eigenvalue weighted by Gasteiger charge is 2.32. The topological polar surface area (TPSA) is 85.2 Å². The standard InChI is InChI=1S/C19H26N6O2/c1-11(2)17(26)23-19-21-15(24-7-5-6-8-24)14-16(22-19)25(10-20-14)18-12(3)9-13(4)27-18/h10-12,18H,4-9H2,1-3H3,(H,21,22,23,26)/t12-,18+/m0/s1. The summed E-state index contributed by atoms with van der Waals surface area (Å²) >= 11 is 0. The lowest BCUT2D eigenvalue weighted by Gasteiger charge is -2.20. The third kappa shape index (κ3) is 3.24. The second-order valence-corrected chi connectivity index (χ2v) is 7.76. The molecule has 2 aromatic rings. The summed E-state index contributed by atoms with van der Waals surface area (Å²) in [5, 5.41) is 2.84. The highest BCUT2D eigenvalue weighted by Crippen LogP contribution is 2.38. The van der Waals surface area contributed by atoms with Crippen LogP contribution in [-0.2, 0) is 9.53 Å². The highest BCUT2D eigenvalue weighted by molar-refractivity contribution is 5.92. The summed E-state index contributed by atoms with van der Waals surface area (Å²) in [5.41, 5.74) is 1.42. The van der Waals surface area contributed by atoms with E-state index in [0.29, 0.717) is 11.6 Å². The quantitative estimate of drug-likeness (QED) is 0.890. The van der Waals surface area contributed by atoms with Gasteiger partial charge in [-0.2, -0.15) is 9.97 Å². The highest BCUT2D eigenvalue weighted by atomic mass is 16.5. The molecule has 27 heavy (non-hydrogen) atoms. The third-order valence-corrected chi connectivity index (χ3v) is 5.17. The van der Waals surface area contributed by atoms with Crippen molar-refractivity contribution in [2.24, 2.45) is 11.8 Å². The minimum Gasteiger partial charge on any atom is -0.475 e. The van der Waals surface area contributed by atoms with Crippen molar-refractivity contribution in [1.82, 2.24) is 19.5 Å². The predicted octanol–water partition coefficient (Wildman–Crippen LogP) is 3.09. The average molecular weight is 370 g/mol. The number of carbonyl (C=O) groups excluding carboxylic acids is 1. The molecule has 2 aliphatic rings. The first-order valence-electron chi connectivity index (χ1n) is 9.59. The molecule has 2 aliphatic heterocycles. The Bertz CT molecular complexity index is 884. The lowest BCUT2D eigenvalue weighted by atomic mass is 10.1. The van der Waals surface area contributed by atoms with E-state index in [-0.39, 0.29) is 24.0 Å². The number of anilines is 2. The summed E-state index contributed by atoms with van der Waals surface area (Å²) in [6.45, 7) is 11.6. The number of fused-ring (bicyclic) bond motifs is 1. The van der Waals surface area contributed by atoms with Crippen molar-refractivity contribution >= 4 is 28.8 Å². The maximum absolute atomic E-state index is 12.2. The van der Waals surface area contributed by atoms with Gasteiger partial charge in [0.05, 0.1) is 5.76 Å². The Morgan fingerprint density at radius 3 is 2.70 bits per heavy atom. The number of amides is 1. The van der Waals surface area contributed by atoms with Crippen LogP contribution in [0, 0.1) is 11.8 Å². The van der Waals surface area contributed by atoms with Gasteiger partial charge >= 0.3 is 0 Å². The van der Waals surface area contributed by atoms with Gasteiger partial charge in [-0.1, -0.05) is 27.4 Å². The Labute approximate surface area is 158 Å². The number of imidazole rings is 1. The summed E-state index contributed by atoms with van der Waals surface area (Å²) in [6.07, 6.45) is 4.63. The van der Waals surface area contributed by atoms with Crippen LogP contribution in [0.2, 0.25) is 0 Å². The largest absolute Gasteiger partial charge is 0.475 e. The van der Waals surface area contributed by atoms with Crippen LogP contribution >= 0.6 is 0 Å². The van der Waals surface area contributed by atoms with Crippen LogP contribution in [-0.4, -0.2) is 38.5 Å². The normalized spacial score (nSPS) is 22.7. The minimum absolute atomic E-state index is 0.105. The molecule has 0 aromatic carbocycles. The molecule has 0 aliphatic carbocycles. The summed E-state index contributed by atoms with van der Waals surface area (Å²) in [4.78, 5) is 28.2. The van der Waals surface area contributed by atoms with Gasteiger partial charge in [0.15, 0.2) is 23.2 Å². The van der Waals surface area contributed by atoms with Crippen LogP contribution < -0.4 is 10.2 Å². The van der Waals surface area contributed by atoms with Gasteiger partial charge in [-0.3, -0.25) is 14.7 Å². The summed E-state index contributed by atoms with van der Waals surface area (Å²) in [6, 6.07) is 0. The van der Waals surface area contributed by atoms with Gasteiger partial charge in [-0.05, 0) is 12.8 Å². The van der Waals surface area contributed by atoms with Crippen molar-refractivity contribution in [1.29, 1.82) is 0 Å². The molecular formula is C19H26N6O2. The predicted molar refractivity (Wildman–Crippen MR) is 103 cm³/mol. The van der Waals surface area contributed by atoms with E-state index in [9.17, 15) is 4.79 Å². The molecule has 4 rings (SSSR count). The minimum atomic E-state index is -0.197. The second kappa shape index (κ2) is 6.83. The fourth-order valence-corrected chi connectivity index (χ4v) is 3.67. The summed E-state index contributed by atoms with van der Waals surface area (Å²) < 4.78 is 7.85. The molecule has 0 saturated carbocycles. The Morgan fingerprint density at radius 2 is 2.07 bits per heavy atom. The van der Waals surface area contributed by atoms with Crippen molar-refractivity contribution in [3.8, 4) is 0 Å². The SMILES string of the molecule is C=C1C[C@H](C)[C@H](n2cnc3c(N4CCCC4)nc(NC(=O)C(C)C)nc32)O1. The van der Waals surface area contributed by atoms with Crippen molar-refractivity contribution in [3.05, 3.63) is 18.7 Å². The molecule has 1 amide bonds. The van der Waals surface area contributed by atoms with E-state index in [1.165, 1.54) is 0 Å². The van der Waals surface area contributed by atoms with Crippen LogP contribution in [0.3, 0.4) is 0 Å². The molecule has 8 nitrogen and oxygen atoms in total. The van der Waals surface area contributed by atoms with Gasteiger partial charge in [0.25, 0.3) is 0 Å². The first-order valence-corrected chi connectivity index (χ1v) is 9.59. The Balaban J connectivity index is 1.80. The number of nitrogens with zero attached hydrogens (tertiary/aromatic N) is 5. The van der Waals surface area contributed by atoms with E-state index in [0.717, 1.165) is 49.4 Å². The van der Waals surface area contributed by atoms with Crippen molar-refractivity contribution in [3.63, 3.8) is 0 Å². The van der Waals surface area contributed by atoms with E-state index >= 15 is 0 Å². The molecular weight excluding hydrogens is 344 g/mol. The van der Waals surface area contributed by atoms with Crippen LogP contribution in [0.1, 0.15) is 46.3 Å². The first-order chi connectivity index (χ1) is 12.9. The smallest absolute Gasteiger partial charge is 0.233 e. The molecule has 0 spiro atoms. The maximum atomic E-state index is 12.2. The van der Waals surface area contributed by atoms with E-state index in [4.69, 9.17) is 4.74 Å². The Morgan fingerprint density at radius 1 is 1.33 bits per heavy atom. The zero-order valence-electron chi connectivity index (χ0n) is 16.1. The number of ether oxygens (including phenoxy) is 1. The van der Waals surface area contributed by atoms with Crippen LogP contribution in [0.4, 0.5) is 11.8 Å². The monoisotopic (exact) mass is 370 g/mol. The summed E-state index contributed by atoms with van der Waals surface area (Å²) in [7, 11) is 0. The molecule has 0 radical (unpaired) electrons. The first kappa shape index (κ1) is 17.8. The number of nitrogens with one attached hydrogen (secondary N) is 1. The van der Waals surface area contributed by atoms with Crippen LogP contribution in [0.15, 0.2) is 18.7 Å². The van der Waals surface area contributed by atoms with Crippen LogP contribution in [0.5, 0.6) is 0 Å². The number of hydrogen-bond donors (Lipinski definition) is 1. The van der Waals surface area contributed by atoms with Gasteiger partial charge in [0.1, 0.15) is 6.33 Å². The Hall–Kier alpha value is -2.64. The number of carbonyl (C=O) groups is 1. The molecule has 144 valence electrons. The van der Waals surface area contributed by atoms with Crippen LogP contribution in [0.25, 0.3) is 11.2 Å². The fraction of sp³-hybridized carbons (Fsp3) is 0.579. The number of allylic oxidation sites excluding steroid dienone is 1. The molecule has 4 heterocycles. The molecule has 0 unspecified atom stereocenters. The van der Waals surface area contributed by atoms with Crippen molar-refractivity contribution in [2.75, 3.05) is 23.3 Å². The lowest BCUT2D eigenvalue weighted by molar-refractivity contribution is -0.118. The van der Waals surface area contributed by atoms with E-state index in [1.54, 1.807) is 6.33 Å². The zero-order valence-corrected chi connectivity index (χ0v) is 16.1. The number of hydrogen-bond acceptors (Lipinski definition) is 6. The van der Waals surface area contributed by atoms with Gasteiger partial charge < -0.3 is 9.64 Å². The van der Waals surface area contributed by atoms with Gasteiger partial charge in [-0.25, -0.2) is 4.98 Å². The molecule has 2 fully saturated rings. The van der Waals surface area contributed by atoms with E-state index < -0.39 is 0 Å². The molecule has 2 aromatic heterocycles. The molecule has 1 N–H and O–H groups in total. The third-order valence-electron chi connectivity index (χ3n) is 5.17. The van der Waals surface area contributed by atoms with E-state index in [2.05, 4.69) is 38.7 Å². The number of aromatic nitrogens is 4. The van der Waals surface area contributed by atoms with Crippen molar-refractivity contribution in [2.45, 2.75) is 46.3 Å². The van der Waals surface area contributed by atoms with E-state index in [1.807, 2.05) is 18.4 Å². The fourth-order valence-electron chi connectivity index (χ4n) is 3.67. The van der Waals surface area contributed by atoms with Gasteiger partial charge in [0, 0.05) is 31.3 Å². The Kier molecular flexibility index (Phi) is 4.49. The maximum Gasteiger partial charge on any atom is 0.233 e. The van der Waals surface area contributed by atoms with Gasteiger partial charge in [-0.15, -0.1) is 0 Å². The van der Waals surface area contributed by atoms with Gasteiger partial charge in [0.2, 0.25) is 11.9 Å². The van der Waals surface area contributed by atoms with Crippen molar-refractivity contribution < 1.29 is 9.53 Å². The molecule has 0 bridgehead atoms. The lowest BCUT2D eigenvalue weighted by Crippen LogP contribution is -2.23. The molecule has 8 heteroatoms. The summed E-state index contributed by atoms with van der Waals surface area (Å²) in [5.74, 6) is 1.89. The second-order valence-electron chi connectivity index (χ2n) is 7.76. The molecule has 2 saturated heterocycles. The average Bonchev–Trinajstić information content (AvgIpc) is 3.34. The molecule has 2 atom stereocenters.